The van der Waals surface area contributed by atoms with Crippen LogP contribution in [0.15, 0.2) is 47.3 Å². The van der Waals surface area contributed by atoms with E-state index in [0.29, 0.717) is 43.7 Å². The Bertz CT molecular complexity index is 1370. The van der Waals surface area contributed by atoms with Gasteiger partial charge >= 0.3 is 0 Å². The van der Waals surface area contributed by atoms with Gasteiger partial charge < -0.3 is 10.4 Å². The number of nitrogens with one attached hydrogen (secondary N) is 1. The van der Waals surface area contributed by atoms with Gasteiger partial charge in [0.15, 0.2) is 5.65 Å². The van der Waals surface area contributed by atoms with Gasteiger partial charge in [0.1, 0.15) is 11.8 Å². The number of aromatic nitrogens is 2. The lowest BCUT2D eigenvalue weighted by Crippen LogP contribution is -2.34. The number of aromatic hydroxyl groups is 1. The fraction of sp³-hybridized carbons (Fsp3) is 0.0500. The molecular formula is C20H13ClN4O2. The minimum atomic E-state index is -0.302. The van der Waals surface area contributed by atoms with E-state index in [0.717, 1.165) is 0 Å². The van der Waals surface area contributed by atoms with E-state index >= 15 is 0 Å². The lowest BCUT2D eigenvalue weighted by Gasteiger charge is -2.06. The summed E-state index contributed by atoms with van der Waals surface area (Å²) in [4.78, 5) is 17.6. The lowest BCUT2D eigenvalue weighted by molar-refractivity contribution is 0.478. The smallest absolute Gasteiger partial charge is 0.265 e. The van der Waals surface area contributed by atoms with Gasteiger partial charge in [0.25, 0.3) is 5.56 Å². The highest BCUT2D eigenvalue weighted by Gasteiger charge is 2.16. The minimum absolute atomic E-state index is 0.00424. The van der Waals surface area contributed by atoms with Gasteiger partial charge in [-0.05, 0) is 42.8 Å². The van der Waals surface area contributed by atoms with E-state index in [1.807, 2.05) is 12.1 Å². The standard InChI is InChI=1S/C20H13ClN4O2/c1-11-13(9-22)19-24-15-4-2-3-5-17(15)25(19)20(27)14(11)10-23-16-8-12(21)6-7-18(16)26/h2-8,10,23,26H,1H3/b14-10+. The third-order valence-corrected chi connectivity index (χ3v) is 4.67. The number of hydrogen-bond donors (Lipinski definition) is 2. The Morgan fingerprint density at radius 3 is 2.85 bits per heavy atom. The molecule has 0 unspecified atom stereocenters. The maximum Gasteiger partial charge on any atom is 0.265 e. The Kier molecular flexibility index (Phi) is 3.94. The number of halogens is 1. The first kappa shape index (κ1) is 16.9. The van der Waals surface area contributed by atoms with E-state index in [1.54, 1.807) is 31.2 Å². The molecule has 4 aromatic rings. The first-order chi connectivity index (χ1) is 13.0. The molecule has 132 valence electrons. The summed E-state index contributed by atoms with van der Waals surface area (Å²) in [5.74, 6) is -0.00424. The summed E-state index contributed by atoms with van der Waals surface area (Å²) in [6.07, 6.45) is 1.47. The molecule has 0 saturated heterocycles. The minimum Gasteiger partial charge on any atom is -0.506 e. The van der Waals surface area contributed by atoms with Crippen LogP contribution in [0.1, 0.15) is 11.1 Å². The van der Waals surface area contributed by atoms with Gasteiger partial charge in [-0.25, -0.2) is 4.98 Å². The van der Waals surface area contributed by atoms with Crippen LogP contribution >= 0.6 is 11.6 Å². The fourth-order valence-electron chi connectivity index (χ4n) is 3.06. The SMILES string of the molecule is Cc1c(C#N)c2nc3ccccc3n2c(=O)/c1=C/Nc1cc(Cl)ccc1O. The molecular weight excluding hydrogens is 364 g/mol. The van der Waals surface area contributed by atoms with Crippen LogP contribution < -0.4 is 16.1 Å². The molecule has 0 fully saturated rings. The van der Waals surface area contributed by atoms with Crippen LogP contribution in [-0.4, -0.2) is 14.5 Å². The molecule has 0 aliphatic carbocycles. The maximum atomic E-state index is 13.1. The molecule has 6 nitrogen and oxygen atoms in total. The predicted octanol–water partition coefficient (Wildman–Crippen LogP) is 2.96. The summed E-state index contributed by atoms with van der Waals surface area (Å²) < 4.78 is 1.44. The van der Waals surface area contributed by atoms with Gasteiger partial charge in [-0.2, -0.15) is 5.26 Å². The van der Waals surface area contributed by atoms with Gasteiger partial charge in [0, 0.05) is 11.2 Å². The molecule has 0 radical (unpaired) electrons. The van der Waals surface area contributed by atoms with Gasteiger partial charge in [-0.3, -0.25) is 9.20 Å². The van der Waals surface area contributed by atoms with Crippen molar-refractivity contribution in [3.8, 4) is 11.8 Å². The molecule has 0 atom stereocenters. The summed E-state index contributed by atoms with van der Waals surface area (Å²) >= 11 is 5.96. The van der Waals surface area contributed by atoms with Gasteiger partial charge in [-0.1, -0.05) is 23.7 Å². The Balaban J connectivity index is 2.03. The van der Waals surface area contributed by atoms with Crippen molar-refractivity contribution in [1.29, 1.82) is 5.26 Å². The molecule has 0 aliphatic heterocycles. The van der Waals surface area contributed by atoms with E-state index in [9.17, 15) is 15.2 Å². The molecule has 2 aromatic heterocycles. The number of imidazole rings is 1. The van der Waals surface area contributed by atoms with Crippen molar-refractivity contribution < 1.29 is 5.11 Å². The van der Waals surface area contributed by atoms with Crippen molar-refractivity contribution in [2.24, 2.45) is 0 Å². The quantitative estimate of drug-likeness (QED) is 0.525. The van der Waals surface area contributed by atoms with E-state index < -0.39 is 0 Å². The van der Waals surface area contributed by atoms with Crippen molar-refractivity contribution in [3.63, 3.8) is 0 Å². The Morgan fingerprint density at radius 2 is 2.07 bits per heavy atom. The van der Waals surface area contributed by atoms with Crippen LogP contribution in [0.5, 0.6) is 5.75 Å². The van der Waals surface area contributed by atoms with Crippen molar-refractivity contribution in [3.05, 3.63) is 74.2 Å². The molecule has 7 heteroatoms. The summed E-state index contributed by atoms with van der Waals surface area (Å²) in [7, 11) is 0. The molecule has 2 heterocycles. The van der Waals surface area contributed by atoms with Crippen LogP contribution in [0.2, 0.25) is 5.02 Å². The van der Waals surface area contributed by atoms with Gasteiger partial charge in [-0.15, -0.1) is 0 Å². The number of benzene rings is 2. The van der Waals surface area contributed by atoms with E-state index in [-0.39, 0.29) is 11.3 Å². The summed E-state index contributed by atoms with van der Waals surface area (Å²) in [6.45, 7) is 1.70. The first-order valence-corrected chi connectivity index (χ1v) is 8.48. The topological polar surface area (TPSA) is 90.4 Å². The molecule has 2 N–H and O–H groups in total. The number of fused-ring (bicyclic) bond motifs is 3. The number of pyridine rings is 1. The molecule has 0 spiro atoms. The van der Waals surface area contributed by atoms with Gasteiger partial charge in [0.2, 0.25) is 0 Å². The number of phenolic OH excluding ortho intramolecular Hbond substituents is 1. The van der Waals surface area contributed by atoms with Crippen molar-refractivity contribution >= 4 is 40.2 Å². The monoisotopic (exact) mass is 376 g/mol. The average Bonchev–Trinajstić information content (AvgIpc) is 3.04. The highest BCUT2D eigenvalue weighted by atomic mass is 35.5. The predicted molar refractivity (Wildman–Crippen MR) is 105 cm³/mol. The number of anilines is 1. The van der Waals surface area contributed by atoms with E-state index in [1.165, 1.54) is 16.7 Å². The number of para-hydroxylation sites is 2. The Hall–Kier alpha value is -3.56. The summed E-state index contributed by atoms with van der Waals surface area (Å²) in [6, 6.07) is 13.9. The molecule has 0 amide bonds. The molecule has 2 aromatic carbocycles. The second kappa shape index (κ2) is 6.31. The van der Waals surface area contributed by atoms with Crippen LogP contribution in [0, 0.1) is 18.3 Å². The Labute approximate surface area is 158 Å². The second-order valence-corrected chi connectivity index (χ2v) is 6.48. The molecule has 0 saturated carbocycles. The molecule has 4 rings (SSSR count). The fourth-order valence-corrected chi connectivity index (χ4v) is 3.23. The number of nitrogens with zero attached hydrogens (tertiary/aromatic N) is 3. The summed E-state index contributed by atoms with van der Waals surface area (Å²) in [5.41, 5.74) is 2.51. The third kappa shape index (κ3) is 2.65. The molecule has 0 bridgehead atoms. The second-order valence-electron chi connectivity index (χ2n) is 6.04. The molecule has 27 heavy (non-hydrogen) atoms. The number of rotatable bonds is 2. The average molecular weight is 377 g/mol. The third-order valence-electron chi connectivity index (χ3n) is 4.44. The highest BCUT2D eigenvalue weighted by molar-refractivity contribution is 6.30. The number of hydrogen-bond acceptors (Lipinski definition) is 5. The number of phenols is 1. The lowest BCUT2D eigenvalue weighted by atomic mass is 10.1. The normalized spacial score (nSPS) is 11.8. The zero-order chi connectivity index (χ0) is 19.1. The van der Waals surface area contributed by atoms with Crippen molar-refractivity contribution in [1.82, 2.24) is 9.38 Å². The van der Waals surface area contributed by atoms with E-state index in [4.69, 9.17) is 11.6 Å². The first-order valence-electron chi connectivity index (χ1n) is 8.10. The summed E-state index contributed by atoms with van der Waals surface area (Å²) in [5, 5.41) is 23.2. The Morgan fingerprint density at radius 1 is 1.30 bits per heavy atom. The van der Waals surface area contributed by atoms with Crippen LogP contribution in [0.25, 0.3) is 22.9 Å². The van der Waals surface area contributed by atoms with Crippen LogP contribution in [0.3, 0.4) is 0 Å². The van der Waals surface area contributed by atoms with Crippen molar-refractivity contribution in [2.75, 3.05) is 5.32 Å². The highest BCUT2D eigenvalue weighted by Crippen LogP contribution is 2.26. The largest absolute Gasteiger partial charge is 0.506 e. The van der Waals surface area contributed by atoms with Crippen LogP contribution in [0.4, 0.5) is 5.69 Å². The maximum absolute atomic E-state index is 13.1. The zero-order valence-electron chi connectivity index (χ0n) is 14.2. The van der Waals surface area contributed by atoms with E-state index in [2.05, 4.69) is 16.4 Å². The number of nitriles is 1. The zero-order valence-corrected chi connectivity index (χ0v) is 14.9. The van der Waals surface area contributed by atoms with Gasteiger partial charge in [0.05, 0.1) is 27.5 Å². The molecule has 0 aliphatic rings. The van der Waals surface area contributed by atoms with Crippen LogP contribution in [-0.2, 0) is 0 Å². The van der Waals surface area contributed by atoms with Crippen molar-refractivity contribution in [2.45, 2.75) is 6.92 Å².